The van der Waals surface area contributed by atoms with Crippen molar-refractivity contribution in [2.45, 2.75) is 34.6 Å². The molecule has 98 valence electrons. The number of hydrogen-bond acceptors (Lipinski definition) is 2. The van der Waals surface area contributed by atoms with E-state index in [-0.39, 0.29) is 11.8 Å². The van der Waals surface area contributed by atoms with Crippen LogP contribution in [0.25, 0.3) is 0 Å². The van der Waals surface area contributed by atoms with Gasteiger partial charge < -0.3 is 10.4 Å². The number of carboxylic acid groups (broad SMARTS) is 1. The van der Waals surface area contributed by atoms with Crippen molar-refractivity contribution in [1.29, 1.82) is 0 Å². The standard InChI is InChI=1S/C13H23NO3/c1-7(2)8(3)6-14-11(15)9-10(12(16)17)13(9,4)5/h7-10H,6H2,1-5H3,(H,14,15)(H,16,17). The van der Waals surface area contributed by atoms with Crippen molar-refractivity contribution >= 4 is 11.9 Å². The van der Waals surface area contributed by atoms with Crippen LogP contribution in [0.1, 0.15) is 34.6 Å². The summed E-state index contributed by atoms with van der Waals surface area (Å²) in [6, 6.07) is 0. The molecule has 1 amide bonds. The Kier molecular flexibility index (Phi) is 3.84. The minimum Gasteiger partial charge on any atom is -0.481 e. The van der Waals surface area contributed by atoms with E-state index in [9.17, 15) is 9.59 Å². The summed E-state index contributed by atoms with van der Waals surface area (Å²) in [7, 11) is 0. The van der Waals surface area contributed by atoms with Crippen molar-refractivity contribution in [3.8, 4) is 0 Å². The summed E-state index contributed by atoms with van der Waals surface area (Å²) in [6.45, 7) is 10.6. The van der Waals surface area contributed by atoms with Crippen LogP contribution in [0.3, 0.4) is 0 Å². The lowest BCUT2D eigenvalue weighted by Gasteiger charge is -2.16. The Labute approximate surface area is 103 Å². The summed E-state index contributed by atoms with van der Waals surface area (Å²) in [5, 5.41) is 11.9. The van der Waals surface area contributed by atoms with Crippen LogP contribution in [0, 0.1) is 29.1 Å². The molecule has 1 aliphatic carbocycles. The number of carbonyl (C=O) groups is 2. The Bertz CT molecular complexity index is 323. The van der Waals surface area contributed by atoms with Gasteiger partial charge in [0.2, 0.25) is 5.91 Å². The summed E-state index contributed by atoms with van der Waals surface area (Å²) < 4.78 is 0. The number of hydrogen-bond donors (Lipinski definition) is 2. The van der Waals surface area contributed by atoms with Crippen LogP contribution in [0.2, 0.25) is 0 Å². The summed E-state index contributed by atoms with van der Waals surface area (Å²) in [6.07, 6.45) is 0. The maximum absolute atomic E-state index is 11.9. The van der Waals surface area contributed by atoms with Gasteiger partial charge in [-0.2, -0.15) is 0 Å². The molecular formula is C13H23NO3. The molecule has 3 atom stereocenters. The molecule has 0 aromatic carbocycles. The largest absolute Gasteiger partial charge is 0.481 e. The van der Waals surface area contributed by atoms with Gasteiger partial charge in [-0.15, -0.1) is 0 Å². The van der Waals surface area contributed by atoms with Gasteiger partial charge in [0, 0.05) is 6.54 Å². The summed E-state index contributed by atoms with van der Waals surface area (Å²) in [5.41, 5.74) is -0.406. The monoisotopic (exact) mass is 241 g/mol. The van der Waals surface area contributed by atoms with Gasteiger partial charge in [-0.05, 0) is 17.3 Å². The van der Waals surface area contributed by atoms with E-state index in [4.69, 9.17) is 5.11 Å². The predicted octanol–water partition coefficient (Wildman–Crippen LogP) is 1.75. The Morgan fingerprint density at radius 3 is 2.12 bits per heavy atom. The quantitative estimate of drug-likeness (QED) is 0.770. The molecule has 1 saturated carbocycles. The minimum atomic E-state index is -0.868. The zero-order valence-corrected chi connectivity index (χ0v) is 11.3. The van der Waals surface area contributed by atoms with Crippen LogP contribution < -0.4 is 5.32 Å². The fourth-order valence-electron chi connectivity index (χ4n) is 2.20. The van der Waals surface area contributed by atoms with Crippen molar-refractivity contribution in [2.24, 2.45) is 29.1 Å². The number of rotatable bonds is 5. The zero-order chi connectivity index (χ0) is 13.4. The molecule has 0 bridgehead atoms. The highest BCUT2D eigenvalue weighted by molar-refractivity contribution is 5.91. The topological polar surface area (TPSA) is 66.4 Å². The third kappa shape index (κ3) is 2.79. The Morgan fingerprint density at radius 2 is 1.76 bits per heavy atom. The van der Waals surface area contributed by atoms with Gasteiger partial charge in [-0.25, -0.2) is 0 Å². The van der Waals surface area contributed by atoms with E-state index in [0.29, 0.717) is 18.4 Å². The average molecular weight is 241 g/mol. The van der Waals surface area contributed by atoms with E-state index in [1.807, 2.05) is 13.8 Å². The van der Waals surface area contributed by atoms with Crippen molar-refractivity contribution < 1.29 is 14.7 Å². The van der Waals surface area contributed by atoms with E-state index in [1.54, 1.807) is 0 Å². The molecule has 0 aromatic heterocycles. The average Bonchev–Trinajstić information content (AvgIpc) is 2.77. The highest BCUT2D eigenvalue weighted by Gasteiger charge is 2.65. The fraction of sp³-hybridized carbons (Fsp3) is 0.846. The third-order valence-electron chi connectivity index (χ3n) is 4.11. The molecule has 1 rings (SSSR count). The van der Waals surface area contributed by atoms with Gasteiger partial charge in [0.25, 0.3) is 0 Å². The van der Waals surface area contributed by atoms with E-state index in [2.05, 4.69) is 26.1 Å². The van der Waals surface area contributed by atoms with Crippen LogP contribution in [-0.4, -0.2) is 23.5 Å². The molecule has 0 heterocycles. The molecule has 2 N–H and O–H groups in total. The molecule has 4 nitrogen and oxygen atoms in total. The molecule has 0 aliphatic heterocycles. The van der Waals surface area contributed by atoms with E-state index in [1.165, 1.54) is 0 Å². The highest BCUT2D eigenvalue weighted by atomic mass is 16.4. The Balaban J connectivity index is 2.48. The van der Waals surface area contributed by atoms with Crippen molar-refractivity contribution in [1.82, 2.24) is 5.32 Å². The second-order valence-electron chi connectivity index (χ2n) is 6.08. The Hall–Kier alpha value is -1.06. The van der Waals surface area contributed by atoms with Gasteiger partial charge in [-0.1, -0.05) is 34.6 Å². The lowest BCUT2D eigenvalue weighted by atomic mass is 9.98. The van der Waals surface area contributed by atoms with Crippen molar-refractivity contribution in [3.63, 3.8) is 0 Å². The molecule has 3 unspecified atom stereocenters. The summed E-state index contributed by atoms with van der Waals surface area (Å²) in [4.78, 5) is 22.8. The molecule has 0 aromatic rings. The third-order valence-corrected chi connectivity index (χ3v) is 4.11. The molecule has 1 fully saturated rings. The number of aliphatic carboxylic acids is 1. The van der Waals surface area contributed by atoms with Crippen LogP contribution in [0.15, 0.2) is 0 Å². The molecule has 17 heavy (non-hydrogen) atoms. The summed E-state index contributed by atoms with van der Waals surface area (Å²) in [5.74, 6) is -0.972. The smallest absolute Gasteiger partial charge is 0.307 e. The minimum absolute atomic E-state index is 0.116. The SMILES string of the molecule is CC(C)C(C)CNC(=O)C1C(C(=O)O)C1(C)C. The van der Waals surface area contributed by atoms with Crippen LogP contribution in [-0.2, 0) is 9.59 Å². The van der Waals surface area contributed by atoms with Gasteiger partial charge in [0.05, 0.1) is 11.8 Å². The number of nitrogens with one attached hydrogen (secondary N) is 1. The number of carboxylic acids is 1. The van der Waals surface area contributed by atoms with Gasteiger partial charge in [0.15, 0.2) is 0 Å². The molecule has 0 radical (unpaired) electrons. The Morgan fingerprint density at radius 1 is 1.24 bits per heavy atom. The van der Waals surface area contributed by atoms with Crippen LogP contribution in [0.4, 0.5) is 0 Å². The van der Waals surface area contributed by atoms with Gasteiger partial charge in [-0.3, -0.25) is 9.59 Å². The maximum Gasteiger partial charge on any atom is 0.307 e. The molecular weight excluding hydrogens is 218 g/mol. The molecule has 1 aliphatic rings. The lowest BCUT2D eigenvalue weighted by Crippen LogP contribution is -2.32. The van der Waals surface area contributed by atoms with E-state index < -0.39 is 17.3 Å². The first-order valence-corrected chi connectivity index (χ1v) is 6.20. The van der Waals surface area contributed by atoms with Crippen molar-refractivity contribution in [3.05, 3.63) is 0 Å². The number of carbonyl (C=O) groups excluding carboxylic acids is 1. The lowest BCUT2D eigenvalue weighted by molar-refractivity contribution is -0.140. The predicted molar refractivity (Wildman–Crippen MR) is 65.4 cm³/mol. The second kappa shape index (κ2) is 4.67. The first kappa shape index (κ1) is 14.0. The van der Waals surface area contributed by atoms with Gasteiger partial charge >= 0.3 is 5.97 Å². The second-order valence-corrected chi connectivity index (χ2v) is 6.08. The molecule has 0 saturated heterocycles. The normalized spacial score (nSPS) is 27.6. The van der Waals surface area contributed by atoms with Crippen LogP contribution in [0.5, 0.6) is 0 Å². The molecule has 0 spiro atoms. The van der Waals surface area contributed by atoms with Crippen molar-refractivity contribution in [2.75, 3.05) is 6.54 Å². The summed E-state index contributed by atoms with van der Waals surface area (Å²) >= 11 is 0. The zero-order valence-electron chi connectivity index (χ0n) is 11.3. The maximum atomic E-state index is 11.9. The van der Waals surface area contributed by atoms with Gasteiger partial charge in [0.1, 0.15) is 0 Å². The van der Waals surface area contributed by atoms with E-state index >= 15 is 0 Å². The molecule has 4 heteroatoms. The number of amides is 1. The highest BCUT2D eigenvalue weighted by Crippen LogP contribution is 2.58. The van der Waals surface area contributed by atoms with E-state index in [0.717, 1.165) is 0 Å². The first-order chi connectivity index (χ1) is 7.69. The van der Waals surface area contributed by atoms with Crippen LogP contribution >= 0.6 is 0 Å². The first-order valence-electron chi connectivity index (χ1n) is 6.20. The fourth-order valence-corrected chi connectivity index (χ4v) is 2.20.